The maximum absolute atomic E-state index is 5.43. The van der Waals surface area contributed by atoms with Gasteiger partial charge in [0.2, 0.25) is 0 Å². The summed E-state index contributed by atoms with van der Waals surface area (Å²) in [6.45, 7) is 4.18. The molecule has 0 atom stereocenters. The fourth-order valence-electron chi connectivity index (χ4n) is 2.67. The normalized spacial score (nSPS) is 11.2. The van der Waals surface area contributed by atoms with E-state index < -0.39 is 0 Å². The van der Waals surface area contributed by atoms with Gasteiger partial charge in [0.1, 0.15) is 5.75 Å². The summed E-state index contributed by atoms with van der Waals surface area (Å²) in [5, 5.41) is 2.25. The van der Waals surface area contributed by atoms with Crippen molar-refractivity contribution >= 4 is 22.7 Å². The van der Waals surface area contributed by atoms with E-state index in [-0.39, 0.29) is 0 Å². The van der Waals surface area contributed by atoms with Crippen molar-refractivity contribution in [2.24, 2.45) is 4.99 Å². The number of rotatable bonds is 3. The molecule has 0 aromatic heterocycles. The van der Waals surface area contributed by atoms with Crippen LogP contribution in [-0.2, 0) is 0 Å². The molecule has 0 spiro atoms. The lowest BCUT2D eigenvalue weighted by molar-refractivity contribution is 0.420. The molecule has 0 radical (unpaired) electrons. The molecule has 0 saturated heterocycles. The predicted octanol–water partition coefficient (Wildman–Crippen LogP) is 5.22. The van der Waals surface area contributed by atoms with Gasteiger partial charge in [-0.1, -0.05) is 42.0 Å². The van der Waals surface area contributed by atoms with Crippen LogP contribution in [0.4, 0.5) is 5.69 Å². The third-order valence-electron chi connectivity index (χ3n) is 3.83. The quantitative estimate of drug-likeness (QED) is 0.606. The van der Waals surface area contributed by atoms with Gasteiger partial charge in [0.05, 0.1) is 12.8 Å². The highest BCUT2D eigenvalue weighted by Gasteiger charge is 2.04. The molecule has 0 saturated carbocycles. The first-order valence-corrected chi connectivity index (χ1v) is 7.36. The molecule has 22 heavy (non-hydrogen) atoms. The fourth-order valence-corrected chi connectivity index (χ4v) is 2.67. The van der Waals surface area contributed by atoms with E-state index in [2.05, 4.69) is 49.2 Å². The van der Waals surface area contributed by atoms with Gasteiger partial charge >= 0.3 is 0 Å². The van der Waals surface area contributed by atoms with Crippen molar-refractivity contribution in [1.29, 1.82) is 0 Å². The highest BCUT2D eigenvalue weighted by Crippen LogP contribution is 2.28. The van der Waals surface area contributed by atoms with E-state index in [4.69, 9.17) is 4.74 Å². The first-order chi connectivity index (χ1) is 10.7. The summed E-state index contributed by atoms with van der Waals surface area (Å²) in [7, 11) is 1.70. The minimum absolute atomic E-state index is 0.888. The Balaban J connectivity index is 2.06. The van der Waals surface area contributed by atoms with Crippen LogP contribution in [0.25, 0.3) is 10.8 Å². The lowest BCUT2D eigenvalue weighted by atomic mass is 10.0. The van der Waals surface area contributed by atoms with Crippen LogP contribution in [0.3, 0.4) is 0 Å². The molecular formula is C20H19NO. The summed E-state index contributed by atoms with van der Waals surface area (Å²) >= 11 is 0. The largest absolute Gasteiger partial charge is 0.496 e. The Morgan fingerprint density at radius 3 is 2.41 bits per heavy atom. The minimum atomic E-state index is 0.888. The van der Waals surface area contributed by atoms with E-state index in [0.717, 1.165) is 27.8 Å². The van der Waals surface area contributed by atoms with Crippen molar-refractivity contribution < 1.29 is 4.74 Å². The van der Waals surface area contributed by atoms with Crippen LogP contribution in [0, 0.1) is 13.8 Å². The van der Waals surface area contributed by atoms with E-state index in [1.54, 1.807) is 7.11 Å². The number of hydrogen-bond donors (Lipinski definition) is 0. The Hall–Kier alpha value is -2.61. The molecule has 3 aromatic carbocycles. The topological polar surface area (TPSA) is 21.6 Å². The lowest BCUT2D eigenvalue weighted by Gasteiger charge is -2.08. The lowest BCUT2D eigenvalue weighted by Crippen LogP contribution is -1.89. The van der Waals surface area contributed by atoms with E-state index in [1.165, 1.54) is 11.1 Å². The number of ether oxygens (including phenoxy) is 1. The zero-order valence-corrected chi connectivity index (χ0v) is 13.1. The summed E-state index contributed by atoms with van der Waals surface area (Å²) in [5.41, 5.74) is 4.54. The number of aryl methyl sites for hydroxylation is 2. The van der Waals surface area contributed by atoms with Crippen molar-refractivity contribution in [3.05, 3.63) is 71.3 Å². The summed E-state index contributed by atoms with van der Waals surface area (Å²) < 4.78 is 5.43. The maximum atomic E-state index is 5.43. The molecular weight excluding hydrogens is 270 g/mol. The third kappa shape index (κ3) is 2.73. The van der Waals surface area contributed by atoms with Crippen molar-refractivity contribution in [1.82, 2.24) is 0 Å². The zero-order chi connectivity index (χ0) is 15.5. The van der Waals surface area contributed by atoms with Crippen molar-refractivity contribution in [3.63, 3.8) is 0 Å². The van der Waals surface area contributed by atoms with Crippen LogP contribution in [-0.4, -0.2) is 13.3 Å². The van der Waals surface area contributed by atoms with Gasteiger partial charge in [-0.15, -0.1) is 0 Å². The molecule has 2 heteroatoms. The third-order valence-corrected chi connectivity index (χ3v) is 3.83. The number of aliphatic imine (C=N–C) groups is 1. The molecule has 2 nitrogen and oxygen atoms in total. The van der Waals surface area contributed by atoms with Gasteiger partial charge in [0.25, 0.3) is 0 Å². The second kappa shape index (κ2) is 6.02. The predicted molar refractivity (Wildman–Crippen MR) is 93.7 cm³/mol. The van der Waals surface area contributed by atoms with Crippen LogP contribution in [0.2, 0.25) is 0 Å². The number of fused-ring (bicyclic) bond motifs is 1. The number of nitrogens with zero attached hydrogens (tertiary/aromatic N) is 1. The minimum Gasteiger partial charge on any atom is -0.496 e. The number of methoxy groups -OCH3 is 1. The molecule has 0 aliphatic carbocycles. The van der Waals surface area contributed by atoms with Crippen molar-refractivity contribution in [2.45, 2.75) is 13.8 Å². The molecule has 0 unspecified atom stereocenters. The van der Waals surface area contributed by atoms with E-state index in [9.17, 15) is 0 Å². The molecule has 0 fully saturated rings. The molecule has 110 valence electrons. The molecule has 0 bridgehead atoms. The maximum Gasteiger partial charge on any atom is 0.126 e. The smallest absolute Gasteiger partial charge is 0.126 e. The Morgan fingerprint density at radius 1 is 0.909 bits per heavy atom. The Kier molecular flexibility index (Phi) is 3.92. The second-order valence-corrected chi connectivity index (χ2v) is 5.45. The SMILES string of the molecule is COc1ccc(C=Nc2ccc(C)cc2C)c2ccccc12. The highest BCUT2D eigenvalue weighted by molar-refractivity contribution is 6.02. The molecule has 0 aliphatic heterocycles. The summed E-state index contributed by atoms with van der Waals surface area (Å²) in [4.78, 5) is 4.66. The molecule has 0 aliphatic rings. The van der Waals surface area contributed by atoms with Gasteiger partial charge in [-0.05, 0) is 43.0 Å². The van der Waals surface area contributed by atoms with Gasteiger partial charge in [-0.3, -0.25) is 4.99 Å². The number of hydrogen-bond acceptors (Lipinski definition) is 2. The van der Waals surface area contributed by atoms with Crippen LogP contribution in [0.5, 0.6) is 5.75 Å². The molecule has 3 rings (SSSR count). The Labute approximate surface area is 131 Å². The summed E-state index contributed by atoms with van der Waals surface area (Å²) in [5.74, 6) is 0.888. The Bertz CT molecular complexity index is 849. The van der Waals surface area contributed by atoms with Gasteiger partial charge in [0, 0.05) is 17.2 Å². The molecule has 3 aromatic rings. The van der Waals surface area contributed by atoms with E-state index >= 15 is 0 Å². The Morgan fingerprint density at radius 2 is 1.68 bits per heavy atom. The van der Waals surface area contributed by atoms with Crippen molar-refractivity contribution in [3.8, 4) is 5.75 Å². The summed E-state index contributed by atoms with van der Waals surface area (Å²) in [6, 6.07) is 18.6. The van der Waals surface area contributed by atoms with Gasteiger partial charge < -0.3 is 4.74 Å². The highest BCUT2D eigenvalue weighted by atomic mass is 16.5. The monoisotopic (exact) mass is 289 g/mol. The van der Waals surface area contributed by atoms with Gasteiger partial charge in [0.15, 0.2) is 0 Å². The van der Waals surface area contributed by atoms with Crippen LogP contribution in [0.15, 0.2) is 59.6 Å². The molecule has 0 N–H and O–H groups in total. The van der Waals surface area contributed by atoms with Gasteiger partial charge in [-0.25, -0.2) is 0 Å². The van der Waals surface area contributed by atoms with E-state index in [1.807, 2.05) is 30.5 Å². The van der Waals surface area contributed by atoms with E-state index in [0.29, 0.717) is 0 Å². The average molecular weight is 289 g/mol. The van der Waals surface area contributed by atoms with Crippen molar-refractivity contribution in [2.75, 3.05) is 7.11 Å². The first kappa shape index (κ1) is 14.3. The zero-order valence-electron chi connectivity index (χ0n) is 13.1. The number of benzene rings is 3. The van der Waals surface area contributed by atoms with Crippen LogP contribution >= 0.6 is 0 Å². The standard InChI is InChI=1S/C20H19NO/c1-14-8-10-19(15(2)12-14)21-13-16-9-11-20(22-3)18-7-5-4-6-17(16)18/h4-13H,1-3H3. The molecule has 0 heterocycles. The molecule has 0 amide bonds. The fraction of sp³-hybridized carbons (Fsp3) is 0.150. The first-order valence-electron chi connectivity index (χ1n) is 7.36. The average Bonchev–Trinajstić information content (AvgIpc) is 2.54. The summed E-state index contributed by atoms with van der Waals surface area (Å²) in [6.07, 6.45) is 1.93. The second-order valence-electron chi connectivity index (χ2n) is 5.45. The van der Waals surface area contributed by atoms with Crippen LogP contribution in [0.1, 0.15) is 16.7 Å². The van der Waals surface area contributed by atoms with Gasteiger partial charge in [-0.2, -0.15) is 0 Å². The van der Waals surface area contributed by atoms with Crippen LogP contribution < -0.4 is 4.74 Å².